The lowest BCUT2D eigenvalue weighted by molar-refractivity contribution is -0.122. The molecule has 2 bridgehead atoms. The molecule has 7 rings (SSSR count). The normalized spacial score (nSPS) is 27.6. The van der Waals surface area contributed by atoms with E-state index in [2.05, 4.69) is 15.9 Å². The summed E-state index contributed by atoms with van der Waals surface area (Å²) in [5, 5.41) is 9.37. The van der Waals surface area contributed by atoms with Crippen molar-refractivity contribution in [1.29, 1.82) is 0 Å². The van der Waals surface area contributed by atoms with Crippen LogP contribution in [0.1, 0.15) is 38.5 Å². The van der Waals surface area contributed by atoms with Crippen LogP contribution in [-0.4, -0.2) is 22.9 Å². The van der Waals surface area contributed by atoms with Crippen LogP contribution in [0.25, 0.3) is 0 Å². The molecule has 1 saturated heterocycles. The van der Waals surface area contributed by atoms with Gasteiger partial charge in [-0.1, -0.05) is 70.5 Å². The van der Waals surface area contributed by atoms with Crippen molar-refractivity contribution in [1.82, 2.24) is 0 Å². The molecule has 0 aromatic heterocycles. The van der Waals surface area contributed by atoms with Crippen molar-refractivity contribution in [2.24, 2.45) is 11.8 Å². The molecule has 1 fully saturated rings. The van der Waals surface area contributed by atoms with Gasteiger partial charge in [0.15, 0.2) is 0 Å². The van der Waals surface area contributed by atoms with Crippen LogP contribution in [-0.2, 0) is 13.9 Å². The van der Waals surface area contributed by atoms with Crippen molar-refractivity contribution < 1.29 is 19.5 Å². The average Bonchev–Trinajstić information content (AvgIpc) is 3.06. The topological polar surface area (TPSA) is 74.7 Å². The molecule has 0 spiro atoms. The lowest BCUT2D eigenvalue weighted by Crippen LogP contribution is -2.50. The minimum atomic E-state index is -1.10. The molecule has 152 valence electrons. The highest BCUT2D eigenvalue weighted by Gasteiger charge is 2.67. The molecule has 0 saturated carbocycles. The Morgan fingerprint density at radius 3 is 2.10 bits per heavy atom. The summed E-state index contributed by atoms with van der Waals surface area (Å²) in [4.78, 5) is 40.1. The number of hydrogen-bond donors (Lipinski definition) is 1. The molecule has 31 heavy (non-hydrogen) atoms. The van der Waals surface area contributed by atoms with Crippen LogP contribution in [0.5, 0.6) is 0 Å². The Hall–Kier alpha value is -3.25. The third-order valence-electron chi connectivity index (χ3n) is 6.87. The summed E-state index contributed by atoms with van der Waals surface area (Å²) >= 11 is 3.95. The Bertz CT molecular complexity index is 1270. The van der Waals surface area contributed by atoms with Crippen LogP contribution < -0.4 is 4.90 Å². The van der Waals surface area contributed by atoms with Crippen LogP contribution in [0.3, 0.4) is 0 Å². The second-order valence-corrected chi connectivity index (χ2v) is 9.49. The summed E-state index contributed by atoms with van der Waals surface area (Å²) in [7, 11) is 0. The zero-order valence-electron chi connectivity index (χ0n) is 16.2. The van der Waals surface area contributed by atoms with Crippen molar-refractivity contribution in [2.45, 2.75) is 10.2 Å². The van der Waals surface area contributed by atoms with E-state index in [4.69, 9.17) is 0 Å². The Labute approximate surface area is 186 Å². The zero-order valence-corrected chi connectivity index (χ0v) is 17.7. The number of aromatic carboxylic acids is 1. The fourth-order valence-corrected chi connectivity index (χ4v) is 6.91. The number of benzene rings is 3. The molecule has 6 heteroatoms. The number of carbonyl (C=O) groups is 3. The van der Waals surface area contributed by atoms with Gasteiger partial charge in [0, 0.05) is 5.92 Å². The van der Waals surface area contributed by atoms with Gasteiger partial charge < -0.3 is 5.11 Å². The summed E-state index contributed by atoms with van der Waals surface area (Å²) in [5.41, 5.74) is 4.48. The highest BCUT2D eigenvalue weighted by Crippen LogP contribution is 2.66. The van der Waals surface area contributed by atoms with Crippen LogP contribution in [0.4, 0.5) is 5.69 Å². The van der Waals surface area contributed by atoms with E-state index >= 15 is 0 Å². The number of carbonyl (C=O) groups excluding carboxylic acids is 2. The second-order valence-electron chi connectivity index (χ2n) is 8.23. The van der Waals surface area contributed by atoms with Crippen molar-refractivity contribution in [2.75, 3.05) is 4.90 Å². The number of imide groups is 1. The number of carboxylic acid groups (broad SMARTS) is 1. The molecule has 2 unspecified atom stereocenters. The summed E-state index contributed by atoms with van der Waals surface area (Å²) in [6.45, 7) is 0. The number of amides is 2. The Morgan fingerprint density at radius 1 is 0.871 bits per heavy atom. The van der Waals surface area contributed by atoms with E-state index in [0.29, 0.717) is 5.69 Å². The first kappa shape index (κ1) is 18.5. The summed E-state index contributed by atoms with van der Waals surface area (Å²) in [5.74, 6) is -3.07. The molecular formula is C25H16BrNO4. The van der Waals surface area contributed by atoms with Crippen LogP contribution in [0.2, 0.25) is 0 Å². The first-order valence-corrected chi connectivity index (χ1v) is 10.8. The van der Waals surface area contributed by atoms with Gasteiger partial charge in [-0.3, -0.25) is 9.59 Å². The van der Waals surface area contributed by atoms with E-state index in [0.717, 1.165) is 22.3 Å². The Morgan fingerprint density at radius 2 is 1.48 bits per heavy atom. The molecule has 0 radical (unpaired) electrons. The maximum atomic E-state index is 13.8. The van der Waals surface area contributed by atoms with Crippen molar-refractivity contribution in [3.63, 3.8) is 0 Å². The molecule has 3 aromatic carbocycles. The minimum absolute atomic E-state index is 0.0380. The number of carboxylic acids is 1. The second kappa shape index (κ2) is 6.14. The zero-order chi connectivity index (χ0) is 21.5. The molecule has 1 heterocycles. The van der Waals surface area contributed by atoms with E-state index in [1.807, 2.05) is 48.5 Å². The summed E-state index contributed by atoms with van der Waals surface area (Å²) < 4.78 is -0.814. The molecule has 4 aliphatic rings. The number of alkyl halides is 1. The van der Waals surface area contributed by atoms with E-state index in [9.17, 15) is 19.5 Å². The van der Waals surface area contributed by atoms with Gasteiger partial charge in [-0.2, -0.15) is 0 Å². The molecule has 2 amide bonds. The predicted octanol–water partition coefficient (Wildman–Crippen LogP) is 4.29. The van der Waals surface area contributed by atoms with E-state index < -0.39 is 22.1 Å². The van der Waals surface area contributed by atoms with Crippen LogP contribution in [0, 0.1) is 11.8 Å². The van der Waals surface area contributed by atoms with Crippen molar-refractivity contribution in [3.8, 4) is 0 Å². The van der Waals surface area contributed by atoms with Gasteiger partial charge in [0.05, 0.1) is 27.4 Å². The highest BCUT2D eigenvalue weighted by atomic mass is 79.9. The lowest BCUT2D eigenvalue weighted by atomic mass is 9.55. The van der Waals surface area contributed by atoms with E-state index in [-0.39, 0.29) is 23.3 Å². The van der Waals surface area contributed by atoms with Gasteiger partial charge in [0.2, 0.25) is 11.8 Å². The predicted molar refractivity (Wildman–Crippen MR) is 117 cm³/mol. The molecule has 1 aliphatic heterocycles. The van der Waals surface area contributed by atoms with Gasteiger partial charge in [0.25, 0.3) is 0 Å². The van der Waals surface area contributed by atoms with Gasteiger partial charge >= 0.3 is 5.97 Å². The van der Waals surface area contributed by atoms with Crippen LogP contribution >= 0.6 is 15.9 Å². The average molecular weight is 474 g/mol. The number of rotatable bonds is 2. The molecule has 2 atom stereocenters. The molecule has 5 nitrogen and oxygen atoms in total. The SMILES string of the molecule is O=C(O)c1cccc(N2C(=O)C3C4c5ccccc5C(Br)(c5ccccc54)C3C2=O)c1. The Balaban J connectivity index is 1.58. The summed E-state index contributed by atoms with van der Waals surface area (Å²) in [6.07, 6.45) is 0. The number of halogens is 1. The number of nitrogens with zero attached hydrogens (tertiary/aromatic N) is 1. The number of anilines is 1. The molecular weight excluding hydrogens is 458 g/mol. The highest BCUT2D eigenvalue weighted by molar-refractivity contribution is 9.09. The van der Waals surface area contributed by atoms with Gasteiger partial charge in [-0.15, -0.1) is 0 Å². The minimum Gasteiger partial charge on any atom is -0.478 e. The fourth-order valence-electron chi connectivity index (χ4n) is 5.71. The largest absolute Gasteiger partial charge is 0.478 e. The number of hydrogen-bond acceptors (Lipinski definition) is 3. The fraction of sp³-hybridized carbons (Fsp3) is 0.160. The third-order valence-corrected chi connectivity index (χ3v) is 8.21. The van der Waals surface area contributed by atoms with Crippen molar-refractivity contribution >= 4 is 39.4 Å². The van der Waals surface area contributed by atoms with Gasteiger partial charge in [-0.05, 0) is 40.5 Å². The first-order chi connectivity index (χ1) is 14.9. The first-order valence-electron chi connectivity index (χ1n) is 10.0. The van der Waals surface area contributed by atoms with E-state index in [1.165, 1.54) is 17.0 Å². The molecule has 3 aliphatic carbocycles. The lowest BCUT2D eigenvalue weighted by Gasteiger charge is -2.51. The quantitative estimate of drug-likeness (QED) is 0.445. The third kappa shape index (κ3) is 2.18. The standard InChI is InChI=1S/C25H16BrNO4/c26-25-17-10-3-1-8-15(17)19(16-9-2-4-11-18(16)25)20-21(25)23(29)27(22(20)28)14-7-5-6-13(12-14)24(30)31/h1-12,19-21H,(H,30,31). The monoisotopic (exact) mass is 473 g/mol. The Kier molecular flexibility index (Phi) is 3.67. The smallest absolute Gasteiger partial charge is 0.335 e. The van der Waals surface area contributed by atoms with Crippen LogP contribution in [0.15, 0.2) is 72.8 Å². The molecule has 3 aromatic rings. The van der Waals surface area contributed by atoms with Crippen molar-refractivity contribution in [3.05, 3.63) is 101 Å². The van der Waals surface area contributed by atoms with Gasteiger partial charge in [0.1, 0.15) is 0 Å². The molecule has 1 N–H and O–H groups in total. The maximum Gasteiger partial charge on any atom is 0.335 e. The van der Waals surface area contributed by atoms with Gasteiger partial charge in [-0.25, -0.2) is 9.69 Å². The summed E-state index contributed by atoms with van der Waals surface area (Å²) in [6, 6.07) is 22.0. The van der Waals surface area contributed by atoms with E-state index in [1.54, 1.807) is 12.1 Å². The maximum absolute atomic E-state index is 13.8.